The summed E-state index contributed by atoms with van der Waals surface area (Å²) in [7, 11) is 0. The fourth-order valence-electron chi connectivity index (χ4n) is 17.9. The Morgan fingerprint density at radius 3 is 0.992 bits per heavy atom. The Hall–Kier alpha value is -15.4. The van der Waals surface area contributed by atoms with Gasteiger partial charge in [-0.3, -0.25) is 0 Å². The Kier molecular flexibility index (Phi) is 20.3. The van der Waals surface area contributed by atoms with Gasteiger partial charge in [-0.1, -0.05) is 360 Å². The van der Waals surface area contributed by atoms with E-state index in [0.717, 1.165) is 45.5 Å². The van der Waals surface area contributed by atoms with Crippen LogP contribution in [0.25, 0.3) is 133 Å². The van der Waals surface area contributed by atoms with Crippen LogP contribution in [0.1, 0.15) is 58.4 Å². The van der Waals surface area contributed by atoms with Crippen molar-refractivity contribution in [2.45, 2.75) is 33.1 Å². The van der Waals surface area contributed by atoms with E-state index in [1.54, 1.807) is 0 Å². The molecule has 0 N–H and O–H groups in total. The molecule has 0 bridgehead atoms. The molecule has 0 atom stereocenters. The highest BCUT2D eigenvalue weighted by Gasteiger charge is 2.36. The molecule has 3 heteroatoms. The lowest BCUT2D eigenvalue weighted by Gasteiger charge is -2.28. The second-order valence-electron chi connectivity index (χ2n) is 32.6. The van der Waals surface area contributed by atoms with Crippen molar-refractivity contribution < 1.29 is 0 Å². The Morgan fingerprint density at radius 2 is 0.492 bits per heavy atom. The van der Waals surface area contributed by atoms with Crippen molar-refractivity contribution in [2.24, 2.45) is 0 Å². The molecule has 580 valence electrons. The van der Waals surface area contributed by atoms with Crippen LogP contribution in [0.2, 0.25) is 0 Å². The molecule has 1 aliphatic carbocycles. The molecule has 0 saturated heterocycles. The van der Waals surface area contributed by atoms with E-state index in [2.05, 4.69) is 503 Å². The van der Waals surface area contributed by atoms with Crippen molar-refractivity contribution in [3.05, 3.63) is 487 Å². The van der Waals surface area contributed by atoms with Gasteiger partial charge in [-0.2, -0.15) is 0 Å². The number of hydrogen-bond donors (Lipinski definition) is 0. The minimum atomic E-state index is -0.0739. The molecule has 0 amide bonds. The predicted octanol–water partition coefficient (Wildman–Crippen LogP) is 33.6. The number of fused-ring (bicyclic) bond motifs is 14. The van der Waals surface area contributed by atoms with E-state index in [0.29, 0.717) is 0 Å². The van der Waals surface area contributed by atoms with Gasteiger partial charge in [0.25, 0.3) is 0 Å². The molecule has 21 aromatic carbocycles. The van der Waals surface area contributed by atoms with Crippen LogP contribution >= 0.6 is 0 Å². The summed E-state index contributed by atoms with van der Waals surface area (Å²) in [5.41, 5.74) is 25.5. The van der Waals surface area contributed by atoms with E-state index in [9.17, 15) is 0 Å². The van der Waals surface area contributed by atoms with Crippen LogP contribution in [-0.2, 0) is 5.41 Å². The van der Waals surface area contributed by atoms with Crippen LogP contribution in [-0.4, -0.2) is 0 Å². The molecule has 3 nitrogen and oxygen atoms in total. The Bertz CT molecular complexity index is 7530. The van der Waals surface area contributed by atoms with Crippen molar-refractivity contribution in [3.63, 3.8) is 0 Å². The second-order valence-corrected chi connectivity index (χ2v) is 32.6. The van der Waals surface area contributed by atoms with Crippen LogP contribution in [0.15, 0.2) is 443 Å². The van der Waals surface area contributed by atoms with Crippen molar-refractivity contribution in [3.8, 4) is 22.3 Å². The van der Waals surface area contributed by atoms with E-state index in [-0.39, 0.29) is 5.41 Å². The summed E-state index contributed by atoms with van der Waals surface area (Å²) in [5, 5.41) is 20.2. The van der Waals surface area contributed by atoms with Gasteiger partial charge in [0, 0.05) is 56.6 Å². The minimum absolute atomic E-state index is 0.0739. The average Bonchev–Trinajstić information content (AvgIpc) is 1.51. The third kappa shape index (κ3) is 15.1. The van der Waals surface area contributed by atoms with E-state index >= 15 is 0 Å². The first-order chi connectivity index (χ1) is 60.0. The third-order valence-electron chi connectivity index (χ3n) is 24.6. The molecule has 0 fully saturated rings. The lowest BCUT2D eigenvalue weighted by Crippen LogP contribution is -2.16. The summed E-state index contributed by atoms with van der Waals surface area (Å²) < 4.78 is 0. The molecule has 0 spiro atoms. The number of anilines is 9. The van der Waals surface area contributed by atoms with E-state index in [4.69, 9.17) is 0 Å². The van der Waals surface area contributed by atoms with Gasteiger partial charge in [0.1, 0.15) is 0 Å². The molecule has 0 heterocycles. The van der Waals surface area contributed by atoms with Crippen LogP contribution in [0.5, 0.6) is 0 Å². The predicted molar refractivity (Wildman–Crippen MR) is 527 cm³/mol. The van der Waals surface area contributed by atoms with Gasteiger partial charge >= 0.3 is 0 Å². The van der Waals surface area contributed by atoms with Crippen LogP contribution in [0.4, 0.5) is 51.2 Å². The SMILES string of the molecule is CC1(C)c2ccccc2-c2ccc(N(c3ccc4cc5ccccc5cc4c3)c3ccc4ccc5ccccc5c4c3)cc21.Cc1ccc(/C=C/c2ccc(N(c3ccc(/C=C/c4ccccc4)cc3)c3ccc4ccc5ccccc5c4c3)cc2)cc1C.c1ccc(-c2ccc(N(c3ccccc3)c3ccc4ccc5ccccc5c4c3)cc2)cc1. The topological polar surface area (TPSA) is 9.72 Å². The Balaban J connectivity index is 0.000000118. The zero-order valence-electron chi connectivity index (χ0n) is 68.8. The quantitative estimate of drug-likeness (QED) is 0.0610. The summed E-state index contributed by atoms with van der Waals surface area (Å²) in [6.45, 7) is 9.03. The van der Waals surface area contributed by atoms with Crippen LogP contribution in [0.3, 0.4) is 0 Å². The number of aryl methyl sites for hydroxylation is 2. The monoisotopic (exact) mass is 1560 g/mol. The largest absolute Gasteiger partial charge is 0.310 e. The lowest BCUT2D eigenvalue weighted by atomic mass is 9.82. The van der Waals surface area contributed by atoms with Gasteiger partial charge in [0.2, 0.25) is 0 Å². The normalized spacial score (nSPS) is 12.1. The second kappa shape index (κ2) is 32.8. The maximum absolute atomic E-state index is 2.44. The number of nitrogens with zero attached hydrogens (tertiary/aromatic N) is 3. The summed E-state index contributed by atoms with van der Waals surface area (Å²) in [4.78, 5) is 7.12. The molecular weight excluding hydrogens is 1470 g/mol. The standard InChI is InChI=1S/C44H35N.C43H31N.C32H23N/c1-32-12-13-37(30-33(32)2)17-16-36-20-27-41(28-21-36)45(40-25-18-35(19-26-40)15-14-34-8-4-3-5-9-34)42-29-24-39-23-22-38-10-6-7-11-43(38)44(39)31-42;1-43(2)41-14-8-7-13-38(41)39-22-21-36(27-42(39)43)44(34-20-18-32-23-30-10-3-4-11-31(30)24-33(32)25-34)35-19-17-29-16-15-28-9-5-6-12-37(28)40(29)26-35;1-3-9-24(10-4-1)25-17-20-29(21-18-25)33(28-12-5-2-6-13-28)30-22-19-27-16-15-26-11-7-8-14-31(26)32(27)23-30/h3-31H,1-2H3;3-27H,1-2H3;1-23H/b15-14+,17-16+;;. The number of hydrogen-bond acceptors (Lipinski definition) is 3. The van der Waals surface area contributed by atoms with E-state index < -0.39 is 0 Å². The van der Waals surface area contributed by atoms with Gasteiger partial charge < -0.3 is 14.7 Å². The molecule has 0 radical (unpaired) electrons. The maximum atomic E-state index is 2.44. The Morgan fingerprint density at radius 1 is 0.180 bits per heavy atom. The molecule has 0 saturated carbocycles. The zero-order chi connectivity index (χ0) is 82.0. The highest BCUT2D eigenvalue weighted by Crippen LogP contribution is 2.52. The summed E-state index contributed by atoms with van der Waals surface area (Å²) in [6.07, 6.45) is 8.71. The molecule has 0 aromatic heterocycles. The highest BCUT2D eigenvalue weighted by atomic mass is 15.2. The maximum Gasteiger partial charge on any atom is 0.0468 e. The first-order valence-electron chi connectivity index (χ1n) is 42.2. The van der Waals surface area contributed by atoms with E-state index in [1.807, 2.05) is 6.07 Å². The molecule has 0 unspecified atom stereocenters. The van der Waals surface area contributed by atoms with Crippen molar-refractivity contribution >= 4 is 162 Å². The minimum Gasteiger partial charge on any atom is -0.310 e. The van der Waals surface area contributed by atoms with Crippen LogP contribution in [0, 0.1) is 13.8 Å². The van der Waals surface area contributed by atoms with Gasteiger partial charge in [-0.25, -0.2) is 0 Å². The van der Waals surface area contributed by atoms with Crippen molar-refractivity contribution in [1.29, 1.82) is 0 Å². The molecule has 22 rings (SSSR count). The zero-order valence-corrected chi connectivity index (χ0v) is 68.8. The molecule has 0 aliphatic heterocycles. The fraction of sp³-hybridized carbons (Fsp3) is 0.0420. The molecule has 122 heavy (non-hydrogen) atoms. The highest BCUT2D eigenvalue weighted by molar-refractivity contribution is 6.12. The van der Waals surface area contributed by atoms with Crippen molar-refractivity contribution in [1.82, 2.24) is 0 Å². The Labute approximate surface area is 714 Å². The number of para-hydroxylation sites is 1. The first-order valence-corrected chi connectivity index (χ1v) is 42.2. The van der Waals surface area contributed by atoms with E-state index in [1.165, 1.54) is 159 Å². The van der Waals surface area contributed by atoms with Gasteiger partial charge in [-0.15, -0.1) is 0 Å². The lowest BCUT2D eigenvalue weighted by molar-refractivity contribution is 0.660. The van der Waals surface area contributed by atoms with Gasteiger partial charge in [0.05, 0.1) is 0 Å². The average molecular weight is 1560 g/mol. The summed E-state index contributed by atoms with van der Waals surface area (Å²) in [6, 6.07) is 160. The molecular formula is C119H89N3. The molecule has 1 aliphatic rings. The number of rotatable bonds is 14. The van der Waals surface area contributed by atoms with Gasteiger partial charge in [0.15, 0.2) is 0 Å². The number of benzene rings is 21. The summed E-state index contributed by atoms with van der Waals surface area (Å²) in [5.74, 6) is 0. The third-order valence-corrected chi connectivity index (χ3v) is 24.6. The summed E-state index contributed by atoms with van der Waals surface area (Å²) >= 11 is 0. The smallest absolute Gasteiger partial charge is 0.0468 e. The first kappa shape index (κ1) is 75.3. The fourth-order valence-corrected chi connectivity index (χ4v) is 17.9. The van der Waals surface area contributed by atoms with Gasteiger partial charge in [-0.05, 0) is 288 Å². The van der Waals surface area contributed by atoms with Crippen molar-refractivity contribution in [2.75, 3.05) is 14.7 Å². The van der Waals surface area contributed by atoms with Crippen LogP contribution < -0.4 is 14.7 Å². The molecule has 21 aromatic rings.